The Morgan fingerprint density at radius 1 is 0.926 bits per heavy atom. The van der Waals surface area contributed by atoms with E-state index in [9.17, 15) is 4.79 Å². The van der Waals surface area contributed by atoms with Crippen LogP contribution in [-0.2, 0) is 9.53 Å². The smallest absolute Gasteiger partial charge is 0.312 e. The first-order valence-electron chi connectivity index (χ1n) is 9.94. The lowest BCUT2D eigenvalue weighted by atomic mass is 9.96. The molecule has 3 aromatic carbocycles. The fourth-order valence-electron chi connectivity index (χ4n) is 3.89. The zero-order valence-electron chi connectivity index (χ0n) is 17.3. The van der Waals surface area contributed by atoms with E-state index >= 15 is 0 Å². The van der Waals surface area contributed by atoms with E-state index in [2.05, 4.69) is 62.4 Å². The van der Waals surface area contributed by atoms with Crippen molar-refractivity contribution in [1.82, 2.24) is 0 Å². The average Bonchev–Trinajstić information content (AvgIpc) is 3.20. The van der Waals surface area contributed by atoms with E-state index < -0.39 is 0 Å². The molecule has 0 radical (unpaired) electrons. The molecule has 0 aliphatic heterocycles. The fraction of sp³-hybridized carbons (Fsp3) is 0.400. The van der Waals surface area contributed by atoms with Crippen LogP contribution in [-0.4, -0.2) is 5.97 Å². The second-order valence-electron chi connectivity index (χ2n) is 8.21. The van der Waals surface area contributed by atoms with Gasteiger partial charge in [0.05, 0.1) is 5.41 Å². The summed E-state index contributed by atoms with van der Waals surface area (Å²) in [6, 6.07) is 19.0. The van der Waals surface area contributed by atoms with Crippen molar-refractivity contribution in [3.8, 4) is 0 Å². The molecule has 0 bridgehead atoms. The van der Waals surface area contributed by atoms with Crippen LogP contribution >= 0.6 is 0 Å². The van der Waals surface area contributed by atoms with Gasteiger partial charge in [0.15, 0.2) is 0 Å². The first-order chi connectivity index (χ1) is 12.8. The summed E-state index contributed by atoms with van der Waals surface area (Å²) in [6.45, 7) is 12.2. The lowest BCUT2D eigenvalue weighted by Crippen LogP contribution is -2.22. The van der Waals surface area contributed by atoms with Gasteiger partial charge in [-0.3, -0.25) is 4.79 Å². The van der Waals surface area contributed by atoms with Crippen LogP contribution in [0.5, 0.6) is 0 Å². The molecule has 0 aromatic heterocycles. The Kier molecular flexibility index (Phi) is 5.03. The van der Waals surface area contributed by atoms with Gasteiger partial charge in [0.25, 0.3) is 0 Å². The number of rotatable bonds is 3. The number of benzene rings is 3. The second-order valence-corrected chi connectivity index (χ2v) is 8.21. The predicted octanol–water partition coefficient (Wildman–Crippen LogP) is 7.06. The number of ether oxygens (including phenoxy) is 1. The van der Waals surface area contributed by atoms with Crippen LogP contribution in [0.15, 0.2) is 54.6 Å². The average molecular weight is 363 g/mol. The highest BCUT2D eigenvalue weighted by molar-refractivity contribution is 5.99. The molecular weight excluding hydrogens is 332 g/mol. The summed E-state index contributed by atoms with van der Waals surface area (Å²) in [6.07, 6.45) is 0.636. The number of esters is 1. The van der Waals surface area contributed by atoms with Crippen LogP contribution in [0.1, 0.15) is 59.6 Å². The van der Waals surface area contributed by atoms with Crippen molar-refractivity contribution in [1.29, 1.82) is 0 Å². The molecule has 142 valence electrons. The maximum atomic E-state index is 12.7. The summed E-state index contributed by atoms with van der Waals surface area (Å²) < 4.78 is 5.88. The second kappa shape index (κ2) is 6.99. The van der Waals surface area contributed by atoms with Crippen LogP contribution in [0.3, 0.4) is 0 Å². The summed E-state index contributed by atoms with van der Waals surface area (Å²) >= 11 is 0. The van der Waals surface area contributed by atoms with Crippen molar-refractivity contribution in [2.24, 2.45) is 10.8 Å². The molecule has 1 fully saturated rings. The fourth-order valence-corrected chi connectivity index (χ4v) is 3.89. The molecule has 0 amide bonds. The Bertz CT molecular complexity index is 986. The topological polar surface area (TPSA) is 26.3 Å². The first-order valence-corrected chi connectivity index (χ1v) is 9.94. The number of hydrogen-bond donors (Lipinski definition) is 0. The molecule has 2 nitrogen and oxygen atoms in total. The Labute approximate surface area is 162 Å². The Hall–Kier alpha value is -2.35. The highest BCUT2D eigenvalue weighted by atomic mass is 16.5. The van der Waals surface area contributed by atoms with Gasteiger partial charge in [-0.2, -0.15) is 0 Å². The monoisotopic (exact) mass is 362 g/mol. The molecule has 1 aliphatic carbocycles. The molecule has 0 heterocycles. The van der Waals surface area contributed by atoms with E-state index in [1.54, 1.807) is 0 Å². The molecule has 0 saturated heterocycles. The SMILES string of the molecule is CC.CC(OC(=O)C1(C)CC1(C)C)c1cccc2cc3ccccc3cc12. The van der Waals surface area contributed by atoms with Gasteiger partial charge < -0.3 is 4.74 Å². The highest BCUT2D eigenvalue weighted by Gasteiger charge is 2.64. The minimum Gasteiger partial charge on any atom is -0.457 e. The lowest BCUT2D eigenvalue weighted by Gasteiger charge is -2.20. The standard InChI is InChI=1S/C23H24O2.C2H6/c1-15(25-21(24)23(4)14-22(23,2)3)19-11-7-10-18-12-16-8-5-6-9-17(16)13-20(18)19;1-2/h5-13,15H,14H2,1-4H3;1-2H3. The normalized spacial score (nSPS) is 21.3. The minimum absolute atomic E-state index is 0.0404. The zero-order chi connectivity index (χ0) is 19.8. The molecule has 2 unspecified atom stereocenters. The van der Waals surface area contributed by atoms with Gasteiger partial charge in [-0.25, -0.2) is 0 Å². The summed E-state index contributed by atoms with van der Waals surface area (Å²) in [5.74, 6) is -0.0807. The van der Waals surface area contributed by atoms with E-state index in [4.69, 9.17) is 4.74 Å². The Morgan fingerprint density at radius 2 is 1.48 bits per heavy atom. The Balaban J connectivity index is 0.00000102. The van der Waals surface area contributed by atoms with Crippen molar-refractivity contribution < 1.29 is 9.53 Å². The van der Waals surface area contributed by atoms with Crippen molar-refractivity contribution in [3.63, 3.8) is 0 Å². The quantitative estimate of drug-likeness (QED) is 0.368. The molecule has 2 heteroatoms. The molecule has 27 heavy (non-hydrogen) atoms. The summed E-state index contributed by atoms with van der Waals surface area (Å²) in [5, 5.41) is 4.76. The van der Waals surface area contributed by atoms with Crippen LogP contribution in [0.2, 0.25) is 0 Å². The number of fused-ring (bicyclic) bond motifs is 2. The maximum Gasteiger partial charge on any atom is 0.312 e. The van der Waals surface area contributed by atoms with E-state index in [-0.39, 0.29) is 22.9 Å². The van der Waals surface area contributed by atoms with Crippen molar-refractivity contribution >= 4 is 27.5 Å². The molecule has 1 saturated carbocycles. The van der Waals surface area contributed by atoms with E-state index in [0.29, 0.717) is 0 Å². The van der Waals surface area contributed by atoms with E-state index in [1.165, 1.54) is 16.2 Å². The van der Waals surface area contributed by atoms with Gasteiger partial charge >= 0.3 is 5.97 Å². The van der Waals surface area contributed by atoms with Crippen LogP contribution < -0.4 is 0 Å². The van der Waals surface area contributed by atoms with Crippen molar-refractivity contribution in [2.45, 2.75) is 54.1 Å². The first kappa shape index (κ1) is 19.4. The number of carbonyl (C=O) groups is 1. The van der Waals surface area contributed by atoms with Crippen molar-refractivity contribution in [3.05, 3.63) is 60.2 Å². The summed E-state index contributed by atoms with van der Waals surface area (Å²) in [7, 11) is 0. The molecule has 2 atom stereocenters. The third-order valence-electron chi connectivity index (χ3n) is 6.12. The van der Waals surface area contributed by atoms with Crippen LogP contribution in [0, 0.1) is 10.8 Å². The molecular formula is C25H30O2. The molecule has 0 spiro atoms. The largest absolute Gasteiger partial charge is 0.457 e. The lowest BCUT2D eigenvalue weighted by molar-refractivity contribution is -0.156. The number of carbonyl (C=O) groups excluding carboxylic acids is 1. The summed E-state index contributed by atoms with van der Waals surface area (Å²) in [5.41, 5.74) is 0.760. The minimum atomic E-state index is -0.349. The molecule has 3 aromatic rings. The molecule has 4 rings (SSSR count). The van der Waals surface area contributed by atoms with Gasteiger partial charge in [0.2, 0.25) is 0 Å². The zero-order valence-corrected chi connectivity index (χ0v) is 17.3. The van der Waals surface area contributed by atoms with Gasteiger partial charge in [-0.15, -0.1) is 0 Å². The number of hydrogen-bond acceptors (Lipinski definition) is 2. The Morgan fingerprint density at radius 3 is 2.07 bits per heavy atom. The maximum absolute atomic E-state index is 12.7. The van der Waals surface area contributed by atoms with E-state index in [0.717, 1.165) is 17.4 Å². The van der Waals surface area contributed by atoms with E-state index in [1.807, 2.05) is 33.8 Å². The summed E-state index contributed by atoms with van der Waals surface area (Å²) in [4.78, 5) is 12.7. The van der Waals surface area contributed by atoms with Gasteiger partial charge in [-0.05, 0) is 59.4 Å². The highest BCUT2D eigenvalue weighted by Crippen LogP contribution is 2.64. The third-order valence-corrected chi connectivity index (χ3v) is 6.12. The van der Waals surface area contributed by atoms with Crippen molar-refractivity contribution in [2.75, 3.05) is 0 Å². The predicted molar refractivity (Wildman–Crippen MR) is 114 cm³/mol. The van der Waals surface area contributed by atoms with Crippen LogP contribution in [0.4, 0.5) is 0 Å². The molecule has 1 aliphatic rings. The third kappa shape index (κ3) is 3.34. The van der Waals surface area contributed by atoms with Gasteiger partial charge in [-0.1, -0.05) is 70.2 Å². The van der Waals surface area contributed by atoms with Crippen LogP contribution in [0.25, 0.3) is 21.5 Å². The van der Waals surface area contributed by atoms with Gasteiger partial charge in [0.1, 0.15) is 6.10 Å². The van der Waals surface area contributed by atoms with Gasteiger partial charge in [0, 0.05) is 5.56 Å². The molecule has 0 N–H and O–H groups in total.